The Hall–Kier alpha value is -1.09. The molecular formula is C14H23ClN4O2S2. The quantitative estimate of drug-likeness (QED) is 0.299. The molecule has 0 radical (unpaired) electrons. The lowest BCUT2D eigenvalue weighted by Crippen LogP contribution is -2.42. The van der Waals surface area contributed by atoms with Crippen LogP contribution in [0.2, 0.25) is 4.34 Å². The van der Waals surface area contributed by atoms with Gasteiger partial charge >= 0.3 is 0 Å². The summed E-state index contributed by atoms with van der Waals surface area (Å²) in [6, 6.07) is 3.06. The van der Waals surface area contributed by atoms with Crippen LogP contribution in [-0.2, 0) is 10.0 Å². The number of nitrogens with one attached hydrogen (secondary N) is 2. The molecule has 0 spiro atoms. The molecule has 23 heavy (non-hydrogen) atoms. The summed E-state index contributed by atoms with van der Waals surface area (Å²) in [7, 11) is 0.137. The number of allylic oxidation sites excluding steroid dienone is 1. The predicted molar refractivity (Wildman–Crippen MR) is 97.9 cm³/mol. The Morgan fingerprint density at radius 1 is 1.48 bits per heavy atom. The molecule has 0 fully saturated rings. The second kappa shape index (κ2) is 9.92. The lowest BCUT2D eigenvalue weighted by molar-refractivity contribution is 0.470. The van der Waals surface area contributed by atoms with E-state index in [-0.39, 0.29) is 10.8 Å². The first-order valence-electron chi connectivity index (χ1n) is 7.18. The first kappa shape index (κ1) is 20.0. The molecule has 0 aromatic carbocycles. The number of rotatable bonds is 9. The molecule has 0 saturated carbocycles. The number of nitrogens with zero attached hydrogens (tertiary/aromatic N) is 2. The van der Waals surface area contributed by atoms with E-state index in [1.54, 1.807) is 13.1 Å². The molecule has 0 aliphatic heterocycles. The molecule has 0 aliphatic rings. The topological polar surface area (TPSA) is 73.8 Å². The highest BCUT2D eigenvalue weighted by molar-refractivity contribution is 7.91. The molecule has 9 heteroatoms. The van der Waals surface area contributed by atoms with Crippen molar-refractivity contribution in [1.82, 2.24) is 14.9 Å². The van der Waals surface area contributed by atoms with Crippen molar-refractivity contribution < 1.29 is 8.42 Å². The number of sulfonamides is 1. The Morgan fingerprint density at radius 3 is 2.78 bits per heavy atom. The average Bonchev–Trinajstić information content (AvgIpc) is 2.95. The number of hydrogen-bond acceptors (Lipinski definition) is 4. The van der Waals surface area contributed by atoms with Gasteiger partial charge in [0, 0.05) is 33.7 Å². The van der Waals surface area contributed by atoms with Crippen LogP contribution in [0, 0.1) is 0 Å². The number of aliphatic imine (C=N–C) groups is 1. The molecule has 1 aromatic heterocycles. The standard InChI is InChI=1S/C14H23ClN4O2S2/c1-4-5-6-11-19(3)14(16-2)17-9-10-18-23(20,21)13-8-7-12(15)22-13/h4,7-8,18H,1,5-6,9-11H2,2-3H3,(H,16,17). The molecule has 0 aliphatic carbocycles. The van der Waals surface area contributed by atoms with Gasteiger partial charge in [-0.1, -0.05) is 17.7 Å². The highest BCUT2D eigenvalue weighted by atomic mass is 35.5. The van der Waals surface area contributed by atoms with Crippen LogP contribution in [0.25, 0.3) is 0 Å². The summed E-state index contributed by atoms with van der Waals surface area (Å²) in [6.45, 7) is 5.25. The zero-order chi connectivity index (χ0) is 17.3. The number of hydrogen-bond donors (Lipinski definition) is 2. The summed E-state index contributed by atoms with van der Waals surface area (Å²) < 4.78 is 27.3. The van der Waals surface area contributed by atoms with Crippen molar-refractivity contribution in [2.45, 2.75) is 17.1 Å². The summed E-state index contributed by atoms with van der Waals surface area (Å²) in [6.07, 6.45) is 3.83. The largest absolute Gasteiger partial charge is 0.355 e. The van der Waals surface area contributed by atoms with E-state index in [0.29, 0.717) is 10.9 Å². The Bertz CT molecular complexity index is 628. The zero-order valence-electron chi connectivity index (χ0n) is 13.4. The summed E-state index contributed by atoms with van der Waals surface area (Å²) >= 11 is 6.80. The van der Waals surface area contributed by atoms with Crippen LogP contribution in [0.3, 0.4) is 0 Å². The first-order chi connectivity index (χ1) is 10.9. The highest BCUT2D eigenvalue weighted by Gasteiger charge is 2.15. The van der Waals surface area contributed by atoms with Crippen molar-refractivity contribution in [3.63, 3.8) is 0 Å². The summed E-state index contributed by atoms with van der Waals surface area (Å²) in [5.74, 6) is 0.729. The zero-order valence-corrected chi connectivity index (χ0v) is 15.8. The molecule has 0 atom stereocenters. The molecule has 2 N–H and O–H groups in total. The van der Waals surface area contributed by atoms with Gasteiger partial charge in [-0.05, 0) is 25.0 Å². The molecule has 0 bridgehead atoms. The van der Waals surface area contributed by atoms with Crippen LogP contribution < -0.4 is 10.0 Å². The van der Waals surface area contributed by atoms with E-state index in [4.69, 9.17) is 11.6 Å². The van der Waals surface area contributed by atoms with E-state index in [1.165, 1.54) is 6.07 Å². The van der Waals surface area contributed by atoms with Crippen LogP contribution in [0.1, 0.15) is 12.8 Å². The van der Waals surface area contributed by atoms with Gasteiger partial charge in [0.1, 0.15) is 4.21 Å². The van der Waals surface area contributed by atoms with Crippen LogP contribution in [-0.4, -0.2) is 53.0 Å². The number of guanidine groups is 1. The Balaban J connectivity index is 2.39. The number of halogens is 1. The number of unbranched alkanes of at least 4 members (excludes halogenated alkanes) is 1. The van der Waals surface area contributed by atoms with Gasteiger partial charge in [-0.2, -0.15) is 0 Å². The van der Waals surface area contributed by atoms with Crippen molar-refractivity contribution in [3.8, 4) is 0 Å². The Labute approximate surface area is 147 Å². The van der Waals surface area contributed by atoms with Crippen molar-refractivity contribution in [2.24, 2.45) is 4.99 Å². The molecule has 1 aromatic rings. The Morgan fingerprint density at radius 2 is 2.22 bits per heavy atom. The van der Waals surface area contributed by atoms with Gasteiger partial charge in [0.25, 0.3) is 0 Å². The predicted octanol–water partition coefficient (Wildman–Crippen LogP) is 2.15. The lowest BCUT2D eigenvalue weighted by Gasteiger charge is -2.21. The van der Waals surface area contributed by atoms with Gasteiger partial charge in [0.2, 0.25) is 10.0 Å². The van der Waals surface area contributed by atoms with Crippen molar-refractivity contribution in [3.05, 3.63) is 29.1 Å². The third-order valence-electron chi connectivity index (χ3n) is 2.99. The van der Waals surface area contributed by atoms with E-state index in [9.17, 15) is 8.42 Å². The molecule has 0 unspecified atom stereocenters. The van der Waals surface area contributed by atoms with Gasteiger partial charge in [0.05, 0.1) is 4.34 Å². The smallest absolute Gasteiger partial charge is 0.250 e. The van der Waals surface area contributed by atoms with Crippen molar-refractivity contribution >= 4 is 38.9 Å². The van der Waals surface area contributed by atoms with E-state index >= 15 is 0 Å². The molecule has 1 heterocycles. The van der Waals surface area contributed by atoms with E-state index in [0.717, 1.165) is 36.7 Å². The highest BCUT2D eigenvalue weighted by Crippen LogP contribution is 2.25. The maximum absolute atomic E-state index is 12.0. The fraction of sp³-hybridized carbons (Fsp3) is 0.500. The van der Waals surface area contributed by atoms with Gasteiger partial charge in [-0.15, -0.1) is 17.9 Å². The third-order valence-corrected chi connectivity index (χ3v) is 6.17. The SMILES string of the molecule is C=CCCCN(C)C(=NC)NCCNS(=O)(=O)c1ccc(Cl)s1. The minimum atomic E-state index is -3.50. The third kappa shape index (κ3) is 6.90. The van der Waals surface area contributed by atoms with E-state index < -0.39 is 10.0 Å². The van der Waals surface area contributed by atoms with Gasteiger partial charge in [-0.3, -0.25) is 4.99 Å². The van der Waals surface area contributed by atoms with Gasteiger partial charge in [-0.25, -0.2) is 13.1 Å². The van der Waals surface area contributed by atoms with Crippen molar-refractivity contribution in [2.75, 3.05) is 33.7 Å². The second-order valence-electron chi connectivity index (χ2n) is 4.78. The molecule has 1 rings (SSSR count). The lowest BCUT2D eigenvalue weighted by atomic mass is 10.3. The van der Waals surface area contributed by atoms with Crippen LogP contribution in [0.4, 0.5) is 0 Å². The molecule has 6 nitrogen and oxygen atoms in total. The summed E-state index contributed by atoms with van der Waals surface area (Å²) in [4.78, 5) is 6.17. The van der Waals surface area contributed by atoms with Crippen LogP contribution in [0.15, 0.2) is 34.0 Å². The molecule has 0 amide bonds. The molecular weight excluding hydrogens is 356 g/mol. The van der Waals surface area contributed by atoms with Crippen LogP contribution >= 0.6 is 22.9 Å². The van der Waals surface area contributed by atoms with E-state index in [1.807, 2.05) is 18.0 Å². The fourth-order valence-electron chi connectivity index (χ4n) is 1.84. The minimum Gasteiger partial charge on any atom is -0.355 e. The second-order valence-corrected chi connectivity index (χ2v) is 8.49. The maximum Gasteiger partial charge on any atom is 0.250 e. The van der Waals surface area contributed by atoms with Crippen molar-refractivity contribution in [1.29, 1.82) is 0 Å². The molecule has 0 saturated heterocycles. The summed E-state index contributed by atoms with van der Waals surface area (Å²) in [5, 5.41) is 3.13. The summed E-state index contributed by atoms with van der Waals surface area (Å²) in [5.41, 5.74) is 0. The molecule has 130 valence electrons. The monoisotopic (exact) mass is 378 g/mol. The normalized spacial score (nSPS) is 12.2. The fourth-order valence-corrected chi connectivity index (χ4v) is 4.40. The average molecular weight is 379 g/mol. The van der Waals surface area contributed by atoms with Gasteiger partial charge < -0.3 is 10.2 Å². The van der Waals surface area contributed by atoms with E-state index in [2.05, 4.69) is 21.6 Å². The first-order valence-corrected chi connectivity index (χ1v) is 9.86. The minimum absolute atomic E-state index is 0.216. The van der Waals surface area contributed by atoms with Gasteiger partial charge in [0.15, 0.2) is 5.96 Å². The number of thiophene rings is 1. The Kier molecular flexibility index (Phi) is 8.60. The van der Waals surface area contributed by atoms with Crippen LogP contribution in [0.5, 0.6) is 0 Å². The maximum atomic E-state index is 12.0.